The molecule has 0 spiro atoms. The topological polar surface area (TPSA) is 58.4 Å². The van der Waals surface area contributed by atoms with Crippen molar-refractivity contribution in [2.75, 3.05) is 26.2 Å². The molecule has 1 saturated carbocycles. The molecule has 0 aromatic heterocycles. The van der Waals surface area contributed by atoms with Crippen LogP contribution >= 0.6 is 24.8 Å². The van der Waals surface area contributed by atoms with Crippen molar-refractivity contribution < 1.29 is 4.79 Å². The number of hydrogen-bond acceptors (Lipinski definition) is 3. The lowest BCUT2D eigenvalue weighted by Gasteiger charge is -2.37. The normalized spacial score (nSPS) is 21.8. The summed E-state index contributed by atoms with van der Waals surface area (Å²) in [6.07, 6.45) is 10.1. The lowest BCUT2D eigenvalue weighted by atomic mass is 9.71. The first-order chi connectivity index (χ1) is 10.2. The molecule has 0 radical (unpaired) electrons. The Labute approximate surface area is 154 Å². The molecule has 3 N–H and O–H groups in total. The van der Waals surface area contributed by atoms with E-state index >= 15 is 0 Å². The van der Waals surface area contributed by atoms with Crippen LogP contribution in [0.2, 0.25) is 0 Å². The van der Waals surface area contributed by atoms with Gasteiger partial charge in [0.05, 0.1) is 0 Å². The molecular weight excluding hydrogens is 333 g/mol. The van der Waals surface area contributed by atoms with Crippen molar-refractivity contribution in [3.8, 4) is 0 Å². The minimum absolute atomic E-state index is 0. The third-order valence-corrected chi connectivity index (χ3v) is 5.38. The largest absolute Gasteiger partial charge is 0.353 e. The monoisotopic (exact) mass is 367 g/mol. The van der Waals surface area contributed by atoms with Crippen molar-refractivity contribution >= 4 is 30.7 Å². The Kier molecular flexibility index (Phi) is 11.5. The minimum atomic E-state index is 0. The summed E-state index contributed by atoms with van der Waals surface area (Å²) >= 11 is 0. The van der Waals surface area contributed by atoms with E-state index in [0.717, 1.165) is 38.8 Å². The molecule has 0 unspecified atom stereocenters. The van der Waals surface area contributed by atoms with Gasteiger partial charge in [-0.25, -0.2) is 0 Å². The average molecular weight is 368 g/mol. The number of nitrogens with two attached hydrogens (primary N) is 1. The average Bonchev–Trinajstić information content (AvgIpc) is 2.50. The second-order valence-electron chi connectivity index (χ2n) is 7.12. The quantitative estimate of drug-likeness (QED) is 0.757. The predicted molar refractivity (Wildman–Crippen MR) is 102 cm³/mol. The van der Waals surface area contributed by atoms with E-state index in [0.29, 0.717) is 19.0 Å². The number of carbonyl (C=O) groups is 1. The van der Waals surface area contributed by atoms with E-state index < -0.39 is 0 Å². The Bertz CT molecular complexity index is 328. The summed E-state index contributed by atoms with van der Waals surface area (Å²) in [5.41, 5.74) is 6.07. The number of likely N-dealkylation sites (tertiary alicyclic amines) is 1. The maximum Gasteiger partial charge on any atom is 0.220 e. The molecule has 1 aliphatic heterocycles. The lowest BCUT2D eigenvalue weighted by molar-refractivity contribution is -0.124. The van der Waals surface area contributed by atoms with Gasteiger partial charge in [-0.1, -0.05) is 26.2 Å². The van der Waals surface area contributed by atoms with Crippen LogP contribution in [0.1, 0.15) is 64.7 Å². The predicted octanol–water partition coefficient (Wildman–Crippen LogP) is 3.12. The summed E-state index contributed by atoms with van der Waals surface area (Å²) in [4.78, 5) is 14.9. The standard InChI is InChI=1S/C17H33N3O.2ClH/c1-2-10-20-11-6-15(7-12-20)19-16(21)13-17(14-18)8-4-3-5-9-17;;/h15H,2-14,18H2,1H3,(H,19,21);2*1H. The first-order valence-electron chi connectivity index (χ1n) is 8.89. The molecule has 0 aromatic carbocycles. The molecule has 2 aliphatic rings. The molecule has 2 rings (SSSR count). The van der Waals surface area contributed by atoms with E-state index in [9.17, 15) is 4.79 Å². The number of amides is 1. The zero-order valence-electron chi connectivity index (χ0n) is 14.5. The molecule has 0 bridgehead atoms. The lowest BCUT2D eigenvalue weighted by Crippen LogP contribution is -2.46. The molecule has 0 atom stereocenters. The van der Waals surface area contributed by atoms with Crippen LogP contribution < -0.4 is 11.1 Å². The van der Waals surface area contributed by atoms with Gasteiger partial charge in [0.1, 0.15) is 0 Å². The van der Waals surface area contributed by atoms with E-state index in [4.69, 9.17) is 5.73 Å². The summed E-state index contributed by atoms with van der Waals surface area (Å²) in [5.74, 6) is 0.233. The molecule has 1 saturated heterocycles. The van der Waals surface area contributed by atoms with Crippen LogP contribution in [0, 0.1) is 5.41 Å². The number of nitrogens with zero attached hydrogens (tertiary/aromatic N) is 1. The highest BCUT2D eigenvalue weighted by Crippen LogP contribution is 2.38. The Hall–Kier alpha value is -0.0300. The molecule has 0 aromatic rings. The summed E-state index contributed by atoms with van der Waals surface area (Å²) in [6, 6.07) is 0.379. The fourth-order valence-electron chi connectivity index (χ4n) is 3.99. The van der Waals surface area contributed by atoms with Gasteiger partial charge in [-0.15, -0.1) is 24.8 Å². The third-order valence-electron chi connectivity index (χ3n) is 5.38. The molecule has 1 heterocycles. The van der Waals surface area contributed by atoms with Gasteiger partial charge in [-0.05, 0) is 50.6 Å². The minimum Gasteiger partial charge on any atom is -0.353 e. The van der Waals surface area contributed by atoms with Crippen LogP contribution in [-0.2, 0) is 4.79 Å². The van der Waals surface area contributed by atoms with Crippen LogP contribution in [0.4, 0.5) is 0 Å². The Morgan fingerprint density at radius 3 is 2.30 bits per heavy atom. The van der Waals surface area contributed by atoms with E-state index in [1.165, 1.54) is 32.2 Å². The number of carbonyl (C=O) groups excluding carboxylic acids is 1. The summed E-state index contributed by atoms with van der Waals surface area (Å²) in [6.45, 7) is 6.33. The third kappa shape index (κ3) is 7.16. The van der Waals surface area contributed by atoms with Crippen molar-refractivity contribution in [3.05, 3.63) is 0 Å². The highest BCUT2D eigenvalue weighted by molar-refractivity contribution is 5.85. The van der Waals surface area contributed by atoms with Crippen LogP contribution in [0.5, 0.6) is 0 Å². The molecular formula is C17H35Cl2N3O. The van der Waals surface area contributed by atoms with Crippen LogP contribution in [0.15, 0.2) is 0 Å². The maximum absolute atomic E-state index is 12.4. The van der Waals surface area contributed by atoms with E-state index in [2.05, 4.69) is 17.1 Å². The van der Waals surface area contributed by atoms with Crippen molar-refractivity contribution in [1.82, 2.24) is 10.2 Å². The van der Waals surface area contributed by atoms with Gasteiger partial charge in [0, 0.05) is 25.6 Å². The first-order valence-corrected chi connectivity index (χ1v) is 8.89. The van der Waals surface area contributed by atoms with E-state index in [1.807, 2.05) is 0 Å². The van der Waals surface area contributed by atoms with Crippen LogP contribution in [0.25, 0.3) is 0 Å². The summed E-state index contributed by atoms with van der Waals surface area (Å²) < 4.78 is 0. The first kappa shape index (κ1) is 23.0. The molecule has 138 valence electrons. The fraction of sp³-hybridized carbons (Fsp3) is 0.941. The van der Waals surface area contributed by atoms with Gasteiger partial charge in [0.2, 0.25) is 5.91 Å². The Morgan fingerprint density at radius 2 is 1.78 bits per heavy atom. The highest BCUT2D eigenvalue weighted by Gasteiger charge is 2.33. The second kappa shape index (κ2) is 11.5. The van der Waals surface area contributed by atoms with Gasteiger partial charge in [-0.3, -0.25) is 4.79 Å². The zero-order chi connectivity index (χ0) is 15.1. The van der Waals surface area contributed by atoms with Crippen molar-refractivity contribution in [1.29, 1.82) is 0 Å². The zero-order valence-corrected chi connectivity index (χ0v) is 16.2. The van der Waals surface area contributed by atoms with Crippen molar-refractivity contribution in [2.24, 2.45) is 11.1 Å². The molecule has 2 fully saturated rings. The van der Waals surface area contributed by atoms with Gasteiger partial charge in [0.25, 0.3) is 0 Å². The highest BCUT2D eigenvalue weighted by atomic mass is 35.5. The van der Waals surface area contributed by atoms with E-state index in [-0.39, 0.29) is 36.1 Å². The van der Waals surface area contributed by atoms with Gasteiger partial charge >= 0.3 is 0 Å². The van der Waals surface area contributed by atoms with Crippen molar-refractivity contribution in [2.45, 2.75) is 70.8 Å². The molecule has 6 heteroatoms. The van der Waals surface area contributed by atoms with E-state index in [1.54, 1.807) is 0 Å². The fourth-order valence-corrected chi connectivity index (χ4v) is 3.99. The van der Waals surface area contributed by atoms with Crippen LogP contribution in [-0.4, -0.2) is 43.0 Å². The second-order valence-corrected chi connectivity index (χ2v) is 7.12. The Balaban J connectivity index is 0.00000242. The van der Waals surface area contributed by atoms with Crippen LogP contribution in [0.3, 0.4) is 0 Å². The number of rotatable bonds is 6. The van der Waals surface area contributed by atoms with Gasteiger partial charge in [-0.2, -0.15) is 0 Å². The SMILES string of the molecule is CCCN1CCC(NC(=O)CC2(CN)CCCCC2)CC1.Cl.Cl. The van der Waals surface area contributed by atoms with Gasteiger partial charge in [0.15, 0.2) is 0 Å². The van der Waals surface area contributed by atoms with Gasteiger partial charge < -0.3 is 16.0 Å². The summed E-state index contributed by atoms with van der Waals surface area (Å²) in [5, 5.41) is 3.27. The summed E-state index contributed by atoms with van der Waals surface area (Å²) in [7, 11) is 0. The Morgan fingerprint density at radius 1 is 1.17 bits per heavy atom. The molecule has 4 nitrogen and oxygen atoms in total. The maximum atomic E-state index is 12.4. The number of piperidine rings is 1. The molecule has 1 aliphatic carbocycles. The molecule has 1 amide bonds. The number of halogens is 2. The van der Waals surface area contributed by atoms with Crippen molar-refractivity contribution in [3.63, 3.8) is 0 Å². The molecule has 23 heavy (non-hydrogen) atoms. The number of hydrogen-bond donors (Lipinski definition) is 2. The smallest absolute Gasteiger partial charge is 0.220 e. The number of nitrogens with one attached hydrogen (secondary N) is 1.